The van der Waals surface area contributed by atoms with Crippen molar-refractivity contribution in [3.8, 4) is 5.88 Å². The lowest BCUT2D eigenvalue weighted by atomic mass is 10.3. The van der Waals surface area contributed by atoms with E-state index in [9.17, 15) is 4.79 Å². The standard InChI is InChI=1S/C15H17N5O2/c1-10-7-14(19-11(2)18-10)22-12-3-6-20(9-12)15(21)13-8-16-4-5-17-13/h4-5,7-8,12H,3,6,9H2,1-2H3. The maximum absolute atomic E-state index is 12.3. The number of amides is 1. The van der Waals surface area contributed by atoms with Gasteiger partial charge in [0.05, 0.1) is 12.7 Å². The van der Waals surface area contributed by atoms with E-state index in [1.807, 2.05) is 13.8 Å². The number of hydrogen-bond acceptors (Lipinski definition) is 6. The number of nitrogens with zero attached hydrogens (tertiary/aromatic N) is 5. The maximum atomic E-state index is 12.3. The van der Waals surface area contributed by atoms with E-state index < -0.39 is 0 Å². The van der Waals surface area contributed by atoms with E-state index >= 15 is 0 Å². The highest BCUT2D eigenvalue weighted by Crippen LogP contribution is 2.18. The third kappa shape index (κ3) is 3.19. The molecule has 114 valence electrons. The number of carbonyl (C=O) groups is 1. The minimum atomic E-state index is -0.116. The number of hydrogen-bond donors (Lipinski definition) is 0. The molecule has 1 saturated heterocycles. The summed E-state index contributed by atoms with van der Waals surface area (Å²) in [4.78, 5) is 30.5. The smallest absolute Gasteiger partial charge is 0.274 e. The maximum Gasteiger partial charge on any atom is 0.274 e. The molecule has 7 heteroatoms. The van der Waals surface area contributed by atoms with Gasteiger partial charge in [0.1, 0.15) is 17.6 Å². The SMILES string of the molecule is Cc1cc(OC2CCN(C(=O)c3cnccn3)C2)nc(C)n1. The average molecular weight is 299 g/mol. The first-order chi connectivity index (χ1) is 10.6. The first kappa shape index (κ1) is 14.4. The van der Waals surface area contributed by atoms with Crippen molar-refractivity contribution >= 4 is 5.91 Å². The van der Waals surface area contributed by atoms with E-state index in [0.717, 1.165) is 12.1 Å². The van der Waals surface area contributed by atoms with Crippen LogP contribution in [0.1, 0.15) is 28.4 Å². The molecule has 2 aromatic rings. The highest BCUT2D eigenvalue weighted by atomic mass is 16.5. The Morgan fingerprint density at radius 1 is 1.32 bits per heavy atom. The summed E-state index contributed by atoms with van der Waals surface area (Å²) in [6.07, 6.45) is 5.26. The number of rotatable bonds is 3. The lowest BCUT2D eigenvalue weighted by Crippen LogP contribution is -2.31. The fourth-order valence-corrected chi connectivity index (χ4v) is 2.49. The molecule has 1 aliphatic rings. The van der Waals surface area contributed by atoms with Crippen molar-refractivity contribution in [3.05, 3.63) is 41.9 Å². The molecule has 0 N–H and O–H groups in total. The third-order valence-corrected chi connectivity index (χ3v) is 3.44. The van der Waals surface area contributed by atoms with Gasteiger partial charge in [0.25, 0.3) is 5.91 Å². The molecular formula is C15H17N5O2. The van der Waals surface area contributed by atoms with Gasteiger partial charge >= 0.3 is 0 Å². The normalized spacial score (nSPS) is 17.5. The fraction of sp³-hybridized carbons (Fsp3) is 0.400. The summed E-state index contributed by atoms with van der Waals surface area (Å²) >= 11 is 0. The Morgan fingerprint density at radius 2 is 2.18 bits per heavy atom. The van der Waals surface area contributed by atoms with Crippen LogP contribution in [0.5, 0.6) is 5.88 Å². The molecule has 1 amide bonds. The topological polar surface area (TPSA) is 81.1 Å². The van der Waals surface area contributed by atoms with Gasteiger partial charge in [0.2, 0.25) is 5.88 Å². The number of aromatic nitrogens is 4. The monoisotopic (exact) mass is 299 g/mol. The van der Waals surface area contributed by atoms with Crippen LogP contribution in [0.15, 0.2) is 24.7 Å². The van der Waals surface area contributed by atoms with Crippen LogP contribution in [0.2, 0.25) is 0 Å². The molecule has 3 rings (SSSR count). The van der Waals surface area contributed by atoms with Crippen LogP contribution >= 0.6 is 0 Å². The van der Waals surface area contributed by atoms with Crippen molar-refractivity contribution < 1.29 is 9.53 Å². The molecule has 1 fully saturated rings. The summed E-state index contributed by atoms with van der Waals surface area (Å²) in [5, 5.41) is 0. The van der Waals surface area contributed by atoms with Crippen LogP contribution in [-0.4, -0.2) is 49.9 Å². The van der Waals surface area contributed by atoms with Crippen LogP contribution in [0.4, 0.5) is 0 Å². The summed E-state index contributed by atoms with van der Waals surface area (Å²) in [5.41, 5.74) is 1.23. The second-order valence-corrected chi connectivity index (χ2v) is 5.27. The Morgan fingerprint density at radius 3 is 2.91 bits per heavy atom. The summed E-state index contributed by atoms with van der Waals surface area (Å²) in [7, 11) is 0. The lowest BCUT2D eigenvalue weighted by molar-refractivity contribution is 0.0764. The minimum absolute atomic E-state index is 0.0608. The quantitative estimate of drug-likeness (QED) is 0.846. The highest BCUT2D eigenvalue weighted by Gasteiger charge is 2.29. The third-order valence-electron chi connectivity index (χ3n) is 3.44. The number of aryl methyl sites for hydroxylation is 2. The van der Waals surface area contributed by atoms with Crippen LogP contribution in [0.3, 0.4) is 0 Å². The largest absolute Gasteiger partial charge is 0.472 e. The molecule has 0 aliphatic carbocycles. The summed E-state index contributed by atoms with van der Waals surface area (Å²) in [6, 6.07) is 1.81. The Kier molecular flexibility index (Phi) is 3.95. The fourth-order valence-electron chi connectivity index (χ4n) is 2.49. The molecule has 0 aromatic carbocycles. The second kappa shape index (κ2) is 6.05. The van der Waals surface area contributed by atoms with Crippen molar-refractivity contribution in [1.29, 1.82) is 0 Å². The van der Waals surface area contributed by atoms with Crippen LogP contribution in [0.25, 0.3) is 0 Å². The van der Waals surface area contributed by atoms with Crippen LogP contribution < -0.4 is 4.74 Å². The number of carbonyl (C=O) groups excluding carboxylic acids is 1. The van der Waals surface area contributed by atoms with E-state index in [0.29, 0.717) is 30.5 Å². The zero-order chi connectivity index (χ0) is 15.5. The Hall–Kier alpha value is -2.57. The van der Waals surface area contributed by atoms with Gasteiger partial charge in [0, 0.05) is 37.1 Å². The van der Waals surface area contributed by atoms with Gasteiger partial charge < -0.3 is 9.64 Å². The van der Waals surface area contributed by atoms with E-state index in [1.165, 1.54) is 12.4 Å². The average Bonchev–Trinajstić information content (AvgIpc) is 2.95. The van der Waals surface area contributed by atoms with Gasteiger partial charge in [0.15, 0.2) is 0 Å². The molecule has 2 aromatic heterocycles. The molecule has 0 spiro atoms. The predicted octanol–water partition coefficient (Wildman–Crippen LogP) is 1.18. The van der Waals surface area contributed by atoms with Crippen molar-refractivity contribution in [1.82, 2.24) is 24.8 Å². The van der Waals surface area contributed by atoms with Gasteiger partial charge in [-0.3, -0.25) is 9.78 Å². The lowest BCUT2D eigenvalue weighted by Gasteiger charge is -2.16. The minimum Gasteiger partial charge on any atom is -0.472 e. The first-order valence-corrected chi connectivity index (χ1v) is 7.16. The van der Waals surface area contributed by atoms with Crippen molar-refractivity contribution in [3.63, 3.8) is 0 Å². The van der Waals surface area contributed by atoms with Gasteiger partial charge in [-0.1, -0.05) is 0 Å². The van der Waals surface area contributed by atoms with Gasteiger partial charge in [-0.05, 0) is 13.8 Å². The second-order valence-electron chi connectivity index (χ2n) is 5.27. The van der Waals surface area contributed by atoms with E-state index in [2.05, 4.69) is 19.9 Å². The molecule has 0 radical (unpaired) electrons. The van der Waals surface area contributed by atoms with Crippen molar-refractivity contribution in [2.24, 2.45) is 0 Å². The Labute approximate surface area is 128 Å². The van der Waals surface area contributed by atoms with Gasteiger partial charge in [-0.2, -0.15) is 4.98 Å². The molecular weight excluding hydrogens is 282 g/mol. The first-order valence-electron chi connectivity index (χ1n) is 7.16. The molecule has 3 heterocycles. The summed E-state index contributed by atoms with van der Waals surface area (Å²) < 4.78 is 5.87. The number of ether oxygens (including phenoxy) is 1. The molecule has 1 atom stereocenters. The number of likely N-dealkylation sites (tertiary alicyclic amines) is 1. The predicted molar refractivity (Wildman–Crippen MR) is 78.5 cm³/mol. The molecule has 0 bridgehead atoms. The molecule has 0 saturated carbocycles. The summed E-state index contributed by atoms with van der Waals surface area (Å²) in [5.74, 6) is 1.12. The Bertz CT molecular complexity index is 657. The van der Waals surface area contributed by atoms with Crippen molar-refractivity contribution in [2.75, 3.05) is 13.1 Å². The van der Waals surface area contributed by atoms with Crippen LogP contribution in [-0.2, 0) is 0 Å². The molecule has 22 heavy (non-hydrogen) atoms. The summed E-state index contributed by atoms with van der Waals surface area (Å²) in [6.45, 7) is 4.90. The zero-order valence-electron chi connectivity index (χ0n) is 12.6. The molecule has 1 aliphatic heterocycles. The van der Waals surface area contributed by atoms with Gasteiger partial charge in [-0.15, -0.1) is 0 Å². The van der Waals surface area contributed by atoms with E-state index in [-0.39, 0.29) is 12.0 Å². The van der Waals surface area contributed by atoms with E-state index in [1.54, 1.807) is 17.2 Å². The van der Waals surface area contributed by atoms with E-state index in [4.69, 9.17) is 4.74 Å². The highest BCUT2D eigenvalue weighted by molar-refractivity contribution is 5.92. The molecule has 1 unspecified atom stereocenters. The molecule has 7 nitrogen and oxygen atoms in total. The van der Waals surface area contributed by atoms with Gasteiger partial charge in [-0.25, -0.2) is 9.97 Å². The van der Waals surface area contributed by atoms with Crippen molar-refractivity contribution in [2.45, 2.75) is 26.4 Å². The Balaban J connectivity index is 1.64. The van der Waals surface area contributed by atoms with Crippen LogP contribution in [0, 0.1) is 13.8 Å². The zero-order valence-corrected chi connectivity index (χ0v) is 12.6.